The highest BCUT2D eigenvalue weighted by Gasteiger charge is 2.29. The third-order valence-corrected chi connectivity index (χ3v) is 3.01. The number of nitrogens with zero attached hydrogens (tertiary/aromatic N) is 1. The molecule has 1 saturated heterocycles. The first kappa shape index (κ1) is 10.6. The average Bonchev–Trinajstić information content (AvgIpc) is 2.84. The first-order valence-corrected chi connectivity index (χ1v) is 5.47. The molecule has 1 aromatic heterocycles. The third-order valence-electron chi connectivity index (χ3n) is 3.01. The molecular formula is C11H18N2O2. The van der Waals surface area contributed by atoms with Gasteiger partial charge in [0.2, 0.25) is 5.89 Å². The van der Waals surface area contributed by atoms with E-state index in [1.165, 1.54) is 0 Å². The summed E-state index contributed by atoms with van der Waals surface area (Å²) >= 11 is 0. The van der Waals surface area contributed by atoms with Crippen molar-refractivity contribution in [2.45, 2.75) is 32.4 Å². The van der Waals surface area contributed by atoms with Crippen LogP contribution in [-0.4, -0.2) is 18.6 Å². The Morgan fingerprint density at radius 1 is 1.60 bits per heavy atom. The van der Waals surface area contributed by atoms with Gasteiger partial charge in [0.25, 0.3) is 0 Å². The second kappa shape index (κ2) is 4.33. The second-order valence-corrected chi connectivity index (χ2v) is 4.17. The van der Waals surface area contributed by atoms with E-state index >= 15 is 0 Å². The van der Waals surface area contributed by atoms with Gasteiger partial charge in [-0.25, -0.2) is 4.98 Å². The van der Waals surface area contributed by atoms with Crippen molar-refractivity contribution in [3.8, 4) is 0 Å². The van der Waals surface area contributed by atoms with E-state index in [4.69, 9.17) is 9.15 Å². The van der Waals surface area contributed by atoms with Crippen molar-refractivity contribution >= 4 is 0 Å². The van der Waals surface area contributed by atoms with E-state index in [2.05, 4.69) is 17.2 Å². The summed E-state index contributed by atoms with van der Waals surface area (Å²) < 4.78 is 11.3. The zero-order chi connectivity index (χ0) is 10.8. The summed E-state index contributed by atoms with van der Waals surface area (Å²) in [5.74, 6) is 2.11. The lowest BCUT2D eigenvalue weighted by Crippen LogP contribution is -2.12. The number of ether oxygens (including phenoxy) is 1. The van der Waals surface area contributed by atoms with Crippen LogP contribution in [0.5, 0.6) is 0 Å². The first-order chi connectivity index (χ1) is 7.22. The van der Waals surface area contributed by atoms with Crippen molar-refractivity contribution in [2.24, 2.45) is 5.92 Å². The van der Waals surface area contributed by atoms with Crippen LogP contribution in [0, 0.1) is 5.92 Å². The second-order valence-electron chi connectivity index (χ2n) is 4.17. The fourth-order valence-electron chi connectivity index (χ4n) is 1.81. The highest BCUT2D eigenvalue weighted by atomic mass is 16.5. The Hall–Kier alpha value is -0.870. The van der Waals surface area contributed by atoms with Gasteiger partial charge < -0.3 is 14.5 Å². The first-order valence-electron chi connectivity index (χ1n) is 5.47. The molecule has 0 radical (unpaired) electrons. The molecule has 15 heavy (non-hydrogen) atoms. The predicted molar refractivity (Wildman–Crippen MR) is 56.5 cm³/mol. The number of oxazole rings is 1. The molecule has 0 aromatic carbocycles. The van der Waals surface area contributed by atoms with Crippen LogP contribution in [0.15, 0.2) is 10.6 Å². The van der Waals surface area contributed by atoms with Gasteiger partial charge in [-0.3, -0.25) is 0 Å². The number of hydrogen-bond acceptors (Lipinski definition) is 4. The highest BCUT2D eigenvalue weighted by molar-refractivity contribution is 5.03. The van der Waals surface area contributed by atoms with Crippen LogP contribution in [0.2, 0.25) is 0 Å². The molecule has 4 heteroatoms. The van der Waals surface area contributed by atoms with E-state index in [-0.39, 0.29) is 12.1 Å². The summed E-state index contributed by atoms with van der Waals surface area (Å²) in [4.78, 5) is 4.26. The summed E-state index contributed by atoms with van der Waals surface area (Å²) in [5.41, 5.74) is 0. The van der Waals surface area contributed by atoms with Crippen LogP contribution < -0.4 is 5.32 Å². The van der Waals surface area contributed by atoms with E-state index < -0.39 is 0 Å². The van der Waals surface area contributed by atoms with E-state index in [0.29, 0.717) is 5.92 Å². The van der Waals surface area contributed by atoms with Gasteiger partial charge in [0, 0.05) is 6.61 Å². The molecule has 2 rings (SSSR count). The molecule has 0 amide bonds. The fraction of sp³-hybridized carbons (Fsp3) is 0.727. The number of hydrogen-bond donors (Lipinski definition) is 1. The topological polar surface area (TPSA) is 47.3 Å². The Labute approximate surface area is 90.0 Å². The maximum absolute atomic E-state index is 5.69. The lowest BCUT2D eigenvalue weighted by Gasteiger charge is -2.10. The lowest BCUT2D eigenvalue weighted by molar-refractivity contribution is 0.0744. The Balaban J connectivity index is 2.12. The van der Waals surface area contributed by atoms with Crippen molar-refractivity contribution < 1.29 is 9.15 Å². The summed E-state index contributed by atoms with van der Waals surface area (Å²) in [6, 6.07) is 0.149. The van der Waals surface area contributed by atoms with E-state index in [0.717, 1.165) is 24.7 Å². The van der Waals surface area contributed by atoms with Crippen molar-refractivity contribution in [2.75, 3.05) is 13.7 Å². The molecule has 4 nitrogen and oxygen atoms in total. The van der Waals surface area contributed by atoms with Gasteiger partial charge in [0.15, 0.2) is 5.76 Å². The van der Waals surface area contributed by atoms with Crippen LogP contribution in [-0.2, 0) is 4.74 Å². The molecule has 2 heterocycles. The van der Waals surface area contributed by atoms with Crippen molar-refractivity contribution in [1.82, 2.24) is 10.3 Å². The maximum atomic E-state index is 5.69. The molecule has 0 spiro atoms. The van der Waals surface area contributed by atoms with Gasteiger partial charge >= 0.3 is 0 Å². The largest absolute Gasteiger partial charge is 0.441 e. The molecule has 3 atom stereocenters. The van der Waals surface area contributed by atoms with E-state index in [9.17, 15) is 0 Å². The van der Waals surface area contributed by atoms with Crippen LogP contribution >= 0.6 is 0 Å². The molecule has 0 bridgehead atoms. The molecule has 1 aliphatic rings. The van der Waals surface area contributed by atoms with Gasteiger partial charge in [-0.15, -0.1) is 0 Å². The minimum atomic E-state index is 0.0929. The van der Waals surface area contributed by atoms with Crippen LogP contribution in [0.1, 0.15) is 44.1 Å². The van der Waals surface area contributed by atoms with Crippen molar-refractivity contribution in [3.63, 3.8) is 0 Å². The highest BCUT2D eigenvalue weighted by Crippen LogP contribution is 2.34. The SMILES string of the molecule is CNC(C)c1ncc(C2OCCC2C)o1. The molecule has 84 valence electrons. The monoisotopic (exact) mass is 210 g/mol. The molecule has 1 aliphatic heterocycles. The summed E-state index contributed by atoms with van der Waals surface area (Å²) in [6.45, 7) is 5.03. The Bertz CT molecular complexity index is 324. The maximum Gasteiger partial charge on any atom is 0.211 e. The van der Waals surface area contributed by atoms with E-state index in [1.807, 2.05) is 14.0 Å². The molecule has 0 saturated carbocycles. The third kappa shape index (κ3) is 2.06. The van der Waals surface area contributed by atoms with Crippen LogP contribution in [0.25, 0.3) is 0 Å². The Morgan fingerprint density at radius 2 is 2.40 bits per heavy atom. The van der Waals surface area contributed by atoms with Crippen molar-refractivity contribution in [3.05, 3.63) is 17.8 Å². The molecule has 3 unspecified atom stereocenters. The number of aromatic nitrogens is 1. The minimum absolute atomic E-state index is 0.0929. The van der Waals surface area contributed by atoms with Gasteiger partial charge in [-0.05, 0) is 26.3 Å². The standard InChI is InChI=1S/C11H18N2O2/c1-7-4-5-14-10(7)9-6-13-11(15-9)8(2)12-3/h6-8,10,12H,4-5H2,1-3H3. The Kier molecular flexibility index (Phi) is 3.07. The normalized spacial score (nSPS) is 28.2. The van der Waals surface area contributed by atoms with Crippen molar-refractivity contribution in [1.29, 1.82) is 0 Å². The van der Waals surface area contributed by atoms with Gasteiger partial charge in [0.1, 0.15) is 6.10 Å². The molecule has 1 N–H and O–H groups in total. The zero-order valence-electron chi connectivity index (χ0n) is 9.49. The quantitative estimate of drug-likeness (QED) is 0.829. The smallest absolute Gasteiger partial charge is 0.211 e. The lowest BCUT2D eigenvalue weighted by atomic mass is 10.0. The van der Waals surface area contributed by atoms with Gasteiger partial charge in [-0.1, -0.05) is 6.92 Å². The van der Waals surface area contributed by atoms with Crippen LogP contribution in [0.4, 0.5) is 0 Å². The van der Waals surface area contributed by atoms with E-state index in [1.54, 1.807) is 6.20 Å². The Morgan fingerprint density at radius 3 is 3.00 bits per heavy atom. The fourth-order valence-corrected chi connectivity index (χ4v) is 1.81. The summed E-state index contributed by atoms with van der Waals surface area (Å²) in [6.07, 6.45) is 2.98. The summed E-state index contributed by atoms with van der Waals surface area (Å²) in [5, 5.41) is 3.10. The van der Waals surface area contributed by atoms with Gasteiger partial charge in [0.05, 0.1) is 12.2 Å². The average molecular weight is 210 g/mol. The number of rotatable bonds is 3. The molecule has 1 fully saturated rings. The predicted octanol–water partition coefficient (Wildman–Crippen LogP) is 2.05. The zero-order valence-corrected chi connectivity index (χ0v) is 9.49. The van der Waals surface area contributed by atoms with Gasteiger partial charge in [-0.2, -0.15) is 0 Å². The summed E-state index contributed by atoms with van der Waals surface area (Å²) in [7, 11) is 1.89. The molecular weight excluding hydrogens is 192 g/mol. The molecule has 0 aliphatic carbocycles. The van der Waals surface area contributed by atoms with Crippen LogP contribution in [0.3, 0.4) is 0 Å². The molecule has 1 aromatic rings. The minimum Gasteiger partial charge on any atom is -0.441 e. The number of nitrogens with one attached hydrogen (secondary N) is 1.